The molecule has 0 spiro atoms. The van der Waals surface area contributed by atoms with Gasteiger partial charge < -0.3 is 19.5 Å². The van der Waals surface area contributed by atoms with Crippen LogP contribution in [0.25, 0.3) is 21.9 Å². The van der Waals surface area contributed by atoms with Gasteiger partial charge in [0.15, 0.2) is 0 Å². The number of aryl methyl sites for hydroxylation is 1. The monoisotopic (exact) mass is 627 g/mol. The van der Waals surface area contributed by atoms with E-state index in [0.29, 0.717) is 18.7 Å². The molecule has 9 heteroatoms. The van der Waals surface area contributed by atoms with Crippen LogP contribution in [-0.4, -0.2) is 39.7 Å². The van der Waals surface area contributed by atoms with Gasteiger partial charge in [0.1, 0.15) is 6.61 Å². The first kappa shape index (κ1) is 32.6. The number of nitrogens with one attached hydrogen (secondary N) is 1. The van der Waals surface area contributed by atoms with Crippen molar-refractivity contribution in [3.05, 3.63) is 126 Å². The molecule has 1 N–H and O–H groups in total. The van der Waals surface area contributed by atoms with Gasteiger partial charge in [-0.2, -0.15) is 5.26 Å². The zero-order valence-corrected chi connectivity index (χ0v) is 26.1. The molecule has 1 unspecified atom stereocenters. The van der Waals surface area contributed by atoms with Gasteiger partial charge in [0, 0.05) is 31.7 Å². The van der Waals surface area contributed by atoms with E-state index in [4.69, 9.17) is 4.74 Å². The highest BCUT2D eigenvalue weighted by Gasteiger charge is 2.28. The van der Waals surface area contributed by atoms with Gasteiger partial charge in [-0.3, -0.25) is 0 Å². The number of piperidine rings is 1. The minimum Gasteiger partial charge on any atom is -0.445 e. The van der Waals surface area contributed by atoms with Gasteiger partial charge in [0.05, 0.1) is 35.9 Å². The summed E-state index contributed by atoms with van der Waals surface area (Å²) in [6, 6.07) is 32.8. The number of nitrogens with zero attached hydrogens (tertiary/aromatic N) is 4. The fourth-order valence-electron chi connectivity index (χ4n) is 5.80. The Hall–Kier alpha value is -4.35. The Morgan fingerprint density at radius 1 is 0.977 bits per heavy atom. The zero-order valence-electron chi connectivity index (χ0n) is 24.4. The first-order valence-corrected chi connectivity index (χ1v) is 14.3. The SMILES string of the molecule is Cl.Cl.Cn1cncc1C(NC1CCN(C(=O)OCc2ccccc2)CC1)c1ccc(C#N)c(-c2cccc3ccccc23)c1. The Balaban J connectivity index is 0.00000221. The third-order valence-electron chi connectivity index (χ3n) is 8.09. The highest BCUT2D eigenvalue weighted by atomic mass is 35.5. The molecule has 1 aromatic heterocycles. The molecule has 4 aromatic carbocycles. The smallest absolute Gasteiger partial charge is 0.410 e. The van der Waals surface area contributed by atoms with E-state index >= 15 is 0 Å². The largest absolute Gasteiger partial charge is 0.445 e. The zero-order chi connectivity index (χ0) is 28.9. The van der Waals surface area contributed by atoms with Gasteiger partial charge in [0.2, 0.25) is 0 Å². The lowest BCUT2D eigenvalue weighted by Crippen LogP contribution is -2.46. The number of hydrogen-bond donors (Lipinski definition) is 1. The number of ether oxygens (including phenoxy) is 1. The van der Waals surface area contributed by atoms with Crippen LogP contribution < -0.4 is 5.32 Å². The summed E-state index contributed by atoms with van der Waals surface area (Å²) >= 11 is 0. The fourth-order valence-corrected chi connectivity index (χ4v) is 5.80. The van der Waals surface area contributed by atoms with Gasteiger partial charge in [0.25, 0.3) is 0 Å². The third-order valence-corrected chi connectivity index (χ3v) is 8.09. The molecule has 1 saturated heterocycles. The highest BCUT2D eigenvalue weighted by molar-refractivity contribution is 5.98. The number of aromatic nitrogens is 2. The number of rotatable bonds is 7. The number of amides is 1. The fraction of sp³-hybridized carbons (Fsp3) is 0.229. The molecule has 0 radical (unpaired) electrons. The van der Waals surface area contributed by atoms with Crippen molar-refractivity contribution in [1.82, 2.24) is 19.8 Å². The Morgan fingerprint density at radius 3 is 2.43 bits per heavy atom. The number of nitriles is 1. The van der Waals surface area contributed by atoms with Crippen LogP contribution >= 0.6 is 24.8 Å². The summed E-state index contributed by atoms with van der Waals surface area (Å²) in [5.41, 5.74) is 5.67. The molecule has 1 aliphatic rings. The number of hydrogen-bond acceptors (Lipinski definition) is 5. The summed E-state index contributed by atoms with van der Waals surface area (Å²) < 4.78 is 7.60. The van der Waals surface area contributed by atoms with E-state index in [2.05, 4.69) is 46.7 Å². The van der Waals surface area contributed by atoms with Crippen LogP contribution in [0.15, 0.2) is 104 Å². The molecule has 1 amide bonds. The Bertz CT molecular complexity index is 1740. The molecule has 1 fully saturated rings. The van der Waals surface area contributed by atoms with Crippen LogP contribution in [0.1, 0.15) is 41.3 Å². The molecule has 1 aliphatic heterocycles. The molecule has 7 nitrogen and oxygen atoms in total. The quantitative estimate of drug-likeness (QED) is 0.203. The predicted octanol–water partition coefficient (Wildman–Crippen LogP) is 7.44. The van der Waals surface area contributed by atoms with Gasteiger partial charge >= 0.3 is 6.09 Å². The second-order valence-corrected chi connectivity index (χ2v) is 10.8. The van der Waals surface area contributed by atoms with Crippen molar-refractivity contribution in [2.45, 2.75) is 31.5 Å². The number of imidazole rings is 1. The molecule has 6 rings (SSSR count). The van der Waals surface area contributed by atoms with Crippen molar-refractivity contribution in [3.63, 3.8) is 0 Å². The predicted molar refractivity (Wildman–Crippen MR) is 178 cm³/mol. The average molecular weight is 629 g/mol. The van der Waals surface area contributed by atoms with E-state index < -0.39 is 0 Å². The lowest BCUT2D eigenvalue weighted by molar-refractivity contribution is 0.0847. The molecular weight excluding hydrogens is 593 g/mol. The van der Waals surface area contributed by atoms with Crippen LogP contribution in [-0.2, 0) is 18.4 Å². The maximum absolute atomic E-state index is 12.7. The molecule has 226 valence electrons. The van der Waals surface area contributed by atoms with Crippen LogP contribution in [0.4, 0.5) is 4.79 Å². The summed E-state index contributed by atoms with van der Waals surface area (Å²) in [6.07, 6.45) is 5.05. The molecule has 0 bridgehead atoms. The highest BCUT2D eigenvalue weighted by Crippen LogP contribution is 2.34. The van der Waals surface area contributed by atoms with Crippen molar-refractivity contribution in [1.29, 1.82) is 5.26 Å². The van der Waals surface area contributed by atoms with Crippen molar-refractivity contribution in [2.75, 3.05) is 13.1 Å². The molecule has 44 heavy (non-hydrogen) atoms. The van der Waals surface area contributed by atoms with E-state index in [0.717, 1.165) is 51.6 Å². The van der Waals surface area contributed by atoms with Gasteiger partial charge in [-0.25, -0.2) is 9.78 Å². The Kier molecular flexibility index (Phi) is 11.0. The first-order valence-electron chi connectivity index (χ1n) is 14.3. The van der Waals surface area contributed by atoms with Crippen molar-refractivity contribution < 1.29 is 9.53 Å². The number of likely N-dealkylation sites (tertiary alicyclic amines) is 1. The van der Waals surface area contributed by atoms with Crippen molar-refractivity contribution in [3.8, 4) is 17.2 Å². The van der Waals surface area contributed by atoms with Gasteiger partial charge in [-0.1, -0.05) is 78.9 Å². The van der Waals surface area contributed by atoms with E-state index in [-0.39, 0.29) is 49.6 Å². The topological polar surface area (TPSA) is 83.2 Å². The number of carbonyl (C=O) groups excluding carboxylic acids is 1. The van der Waals surface area contributed by atoms with E-state index in [1.54, 1.807) is 4.90 Å². The maximum atomic E-state index is 12.7. The average Bonchev–Trinajstić information content (AvgIpc) is 3.48. The standard InChI is InChI=1S/C35H33N5O2.2ClH/c1-39-24-37-22-33(39)34(38-29-16-18-40(19-17-29)35(41)42-23-25-8-3-2-4-9-25)27-14-15-28(21-36)32(20-27)31-13-7-11-26-10-5-6-12-30(26)31;;/h2-15,20,22,24,29,34,38H,16-19,23H2,1H3;2*1H. The van der Waals surface area contributed by atoms with Crippen LogP contribution in [0.2, 0.25) is 0 Å². The number of benzene rings is 4. The number of halogens is 2. The van der Waals surface area contributed by atoms with Crippen LogP contribution in [0.3, 0.4) is 0 Å². The minimum atomic E-state index is -0.271. The van der Waals surface area contributed by atoms with Gasteiger partial charge in [-0.15, -0.1) is 24.8 Å². The summed E-state index contributed by atoms with van der Waals surface area (Å²) in [4.78, 5) is 18.9. The van der Waals surface area contributed by atoms with E-state index in [1.807, 2.05) is 84.8 Å². The third kappa shape index (κ3) is 7.06. The Morgan fingerprint density at radius 2 is 1.70 bits per heavy atom. The summed E-state index contributed by atoms with van der Waals surface area (Å²) in [5, 5.41) is 16.1. The summed E-state index contributed by atoms with van der Waals surface area (Å²) in [7, 11) is 2.00. The summed E-state index contributed by atoms with van der Waals surface area (Å²) in [5.74, 6) is 0. The normalized spacial score (nSPS) is 13.8. The summed E-state index contributed by atoms with van der Waals surface area (Å²) in [6.45, 7) is 1.52. The molecular formula is C35H35Cl2N5O2. The molecule has 5 aromatic rings. The molecule has 0 saturated carbocycles. The second kappa shape index (κ2) is 14.9. The molecule has 1 atom stereocenters. The molecule has 2 heterocycles. The van der Waals surface area contributed by atoms with E-state index in [9.17, 15) is 10.1 Å². The lowest BCUT2D eigenvalue weighted by Gasteiger charge is -2.34. The second-order valence-electron chi connectivity index (χ2n) is 10.8. The maximum Gasteiger partial charge on any atom is 0.410 e. The van der Waals surface area contributed by atoms with Crippen molar-refractivity contribution in [2.24, 2.45) is 7.05 Å². The first-order chi connectivity index (χ1) is 20.6. The van der Waals surface area contributed by atoms with Gasteiger partial charge in [-0.05, 0) is 52.4 Å². The minimum absolute atomic E-state index is 0. The lowest BCUT2D eigenvalue weighted by atomic mass is 9.91. The van der Waals surface area contributed by atoms with Crippen molar-refractivity contribution >= 4 is 41.7 Å². The number of fused-ring (bicyclic) bond motifs is 1. The van der Waals surface area contributed by atoms with Crippen LogP contribution in [0.5, 0.6) is 0 Å². The van der Waals surface area contributed by atoms with Crippen LogP contribution in [0, 0.1) is 11.3 Å². The Labute approximate surface area is 270 Å². The molecule has 0 aliphatic carbocycles. The van der Waals surface area contributed by atoms with E-state index in [1.165, 1.54) is 0 Å². The number of carbonyl (C=O) groups is 1.